The topological polar surface area (TPSA) is 108 Å². The van der Waals surface area contributed by atoms with Gasteiger partial charge in [-0.3, -0.25) is 4.79 Å². The number of hydrogen-bond donors (Lipinski definition) is 1. The van der Waals surface area contributed by atoms with Crippen LogP contribution in [0.15, 0.2) is 29.4 Å². The molecule has 0 aliphatic carbocycles. The molecule has 0 spiro atoms. The monoisotopic (exact) mass is 475 g/mol. The Morgan fingerprint density at radius 3 is 2.62 bits per heavy atom. The third-order valence-electron chi connectivity index (χ3n) is 4.40. The van der Waals surface area contributed by atoms with Crippen LogP contribution in [0.25, 0.3) is 0 Å². The van der Waals surface area contributed by atoms with Crippen molar-refractivity contribution in [2.75, 3.05) is 17.7 Å². The number of carbonyl (C=O) groups excluding carboxylic acids is 2. The van der Waals surface area contributed by atoms with E-state index < -0.39 is 5.97 Å². The molecule has 0 aliphatic rings. The predicted molar refractivity (Wildman–Crippen MR) is 123 cm³/mol. The van der Waals surface area contributed by atoms with Crippen molar-refractivity contribution in [2.24, 2.45) is 7.05 Å². The van der Waals surface area contributed by atoms with E-state index in [-0.39, 0.29) is 24.4 Å². The largest absolute Gasteiger partial charge is 0.483 e. The number of aryl methyl sites for hydroxylation is 2. The Labute approximate surface area is 194 Å². The van der Waals surface area contributed by atoms with Gasteiger partial charge in [-0.2, -0.15) is 0 Å². The molecule has 3 rings (SSSR count). The zero-order chi connectivity index (χ0) is 23.3. The summed E-state index contributed by atoms with van der Waals surface area (Å²) in [6.45, 7) is 7.64. The first kappa shape index (κ1) is 23.7. The smallest absolute Gasteiger partial charge is 0.350 e. The molecule has 9 nitrogen and oxygen atoms in total. The highest BCUT2D eigenvalue weighted by molar-refractivity contribution is 7.99. The molecule has 0 fully saturated rings. The van der Waals surface area contributed by atoms with Crippen molar-refractivity contribution >= 4 is 40.1 Å². The number of hydrogen-bond acceptors (Lipinski definition) is 9. The summed E-state index contributed by atoms with van der Waals surface area (Å²) in [5.74, 6) is 0.828. The fourth-order valence-corrected chi connectivity index (χ4v) is 4.40. The lowest BCUT2D eigenvalue weighted by Crippen LogP contribution is -2.14. The van der Waals surface area contributed by atoms with Crippen molar-refractivity contribution in [3.63, 3.8) is 0 Å². The van der Waals surface area contributed by atoms with Crippen LogP contribution < -0.4 is 10.1 Å². The number of thioether (sulfide) groups is 1. The molecule has 2 aromatic heterocycles. The van der Waals surface area contributed by atoms with Crippen molar-refractivity contribution in [3.05, 3.63) is 46.2 Å². The number of anilines is 1. The van der Waals surface area contributed by atoms with Crippen LogP contribution in [0.4, 0.5) is 5.13 Å². The van der Waals surface area contributed by atoms with Crippen LogP contribution in [-0.2, 0) is 16.6 Å². The lowest BCUT2D eigenvalue weighted by molar-refractivity contribution is -0.113. The van der Waals surface area contributed by atoms with Crippen molar-refractivity contribution < 1.29 is 19.1 Å². The van der Waals surface area contributed by atoms with E-state index in [2.05, 4.69) is 20.5 Å². The maximum Gasteiger partial charge on any atom is 0.350 e. The predicted octanol–water partition coefficient (Wildman–Crippen LogP) is 3.94. The number of esters is 1. The first-order valence-corrected chi connectivity index (χ1v) is 11.8. The van der Waals surface area contributed by atoms with Crippen LogP contribution in [0, 0.1) is 13.8 Å². The molecule has 2 heterocycles. The molecule has 11 heteroatoms. The van der Waals surface area contributed by atoms with Crippen molar-refractivity contribution in [1.29, 1.82) is 0 Å². The first-order valence-electron chi connectivity index (χ1n) is 9.98. The minimum Gasteiger partial charge on any atom is -0.483 e. The third kappa shape index (κ3) is 5.86. The van der Waals surface area contributed by atoms with Crippen LogP contribution in [-0.4, -0.2) is 44.0 Å². The molecule has 0 bridgehead atoms. The number of rotatable bonds is 9. The van der Waals surface area contributed by atoms with E-state index in [1.807, 2.05) is 49.7 Å². The van der Waals surface area contributed by atoms with Gasteiger partial charge in [-0.25, -0.2) is 9.78 Å². The summed E-state index contributed by atoms with van der Waals surface area (Å²) in [5.41, 5.74) is 1.68. The molecule has 1 atom stereocenters. The second-order valence-corrected chi connectivity index (χ2v) is 8.91. The molecule has 3 aromatic rings. The highest BCUT2D eigenvalue weighted by atomic mass is 32.2. The number of carbonyl (C=O) groups is 2. The second kappa shape index (κ2) is 10.6. The summed E-state index contributed by atoms with van der Waals surface area (Å²) in [6.07, 6.45) is -0.307. The lowest BCUT2D eigenvalue weighted by atomic mass is 10.2. The molecule has 0 saturated heterocycles. The average Bonchev–Trinajstić information content (AvgIpc) is 3.30. The maximum absolute atomic E-state index is 12.4. The molecule has 1 aromatic carbocycles. The molecule has 0 aliphatic heterocycles. The molecule has 0 saturated carbocycles. The first-order chi connectivity index (χ1) is 15.3. The van der Waals surface area contributed by atoms with Crippen molar-refractivity contribution in [1.82, 2.24) is 19.7 Å². The summed E-state index contributed by atoms with van der Waals surface area (Å²) in [4.78, 5) is 28.9. The summed E-state index contributed by atoms with van der Waals surface area (Å²) < 4.78 is 12.8. The summed E-state index contributed by atoms with van der Waals surface area (Å²) >= 11 is 2.35. The minimum atomic E-state index is -0.439. The van der Waals surface area contributed by atoms with E-state index in [0.29, 0.717) is 26.7 Å². The van der Waals surface area contributed by atoms with E-state index in [9.17, 15) is 9.59 Å². The van der Waals surface area contributed by atoms with Crippen LogP contribution in [0.5, 0.6) is 5.75 Å². The van der Waals surface area contributed by atoms with Gasteiger partial charge in [0.15, 0.2) is 22.2 Å². The number of nitrogens with one attached hydrogen (secondary N) is 1. The zero-order valence-corrected chi connectivity index (χ0v) is 20.2. The molecule has 170 valence electrons. The molecule has 32 heavy (non-hydrogen) atoms. The van der Waals surface area contributed by atoms with Gasteiger partial charge in [0.1, 0.15) is 10.6 Å². The Morgan fingerprint density at radius 2 is 1.94 bits per heavy atom. The molecular formula is C21H25N5O4S2. The molecule has 1 unspecified atom stereocenters. The highest BCUT2D eigenvalue weighted by Crippen LogP contribution is 2.26. The van der Waals surface area contributed by atoms with E-state index in [4.69, 9.17) is 9.47 Å². The summed E-state index contributed by atoms with van der Waals surface area (Å²) in [7, 11) is 1.83. The highest BCUT2D eigenvalue weighted by Gasteiger charge is 2.20. The SMILES string of the molecule is CCOC(=O)c1sc(NC(=O)CSc2nnc(C(C)Oc3ccc(C)cc3)n2C)nc1C. The molecule has 1 N–H and O–H groups in total. The van der Waals surface area contributed by atoms with E-state index >= 15 is 0 Å². The molecule has 1 amide bonds. The second-order valence-electron chi connectivity index (χ2n) is 6.96. The van der Waals surface area contributed by atoms with Gasteiger partial charge in [0.05, 0.1) is 18.1 Å². The number of benzene rings is 1. The van der Waals surface area contributed by atoms with Gasteiger partial charge < -0.3 is 19.4 Å². The van der Waals surface area contributed by atoms with Gasteiger partial charge in [0.2, 0.25) is 5.91 Å². The zero-order valence-electron chi connectivity index (χ0n) is 18.5. The maximum atomic E-state index is 12.4. The van der Waals surface area contributed by atoms with Crippen LogP contribution in [0.2, 0.25) is 0 Å². The third-order valence-corrected chi connectivity index (χ3v) is 6.48. The Morgan fingerprint density at radius 1 is 1.22 bits per heavy atom. The van der Waals surface area contributed by atoms with E-state index in [1.165, 1.54) is 11.8 Å². The van der Waals surface area contributed by atoms with Gasteiger partial charge in [-0.15, -0.1) is 10.2 Å². The van der Waals surface area contributed by atoms with Crippen molar-refractivity contribution in [3.8, 4) is 5.75 Å². The van der Waals surface area contributed by atoms with Crippen molar-refractivity contribution in [2.45, 2.75) is 39.0 Å². The quantitative estimate of drug-likeness (QED) is 0.366. The lowest BCUT2D eigenvalue weighted by Gasteiger charge is -2.14. The van der Waals surface area contributed by atoms with Gasteiger partial charge in [-0.1, -0.05) is 40.8 Å². The fraction of sp³-hybridized carbons (Fsp3) is 0.381. The molecule has 0 radical (unpaired) electrons. The Hall–Kier alpha value is -2.92. The summed E-state index contributed by atoms with van der Waals surface area (Å²) in [6, 6.07) is 7.79. The van der Waals surface area contributed by atoms with Crippen LogP contribution in [0.1, 0.15) is 46.7 Å². The minimum absolute atomic E-state index is 0.118. The Bertz CT molecular complexity index is 1090. The number of thiazole rings is 1. The number of aromatic nitrogens is 4. The van der Waals surface area contributed by atoms with E-state index in [0.717, 1.165) is 22.6 Å². The standard InChI is InChI=1S/C21H25N5O4S2/c1-6-29-19(28)17-13(3)22-20(32-17)23-16(27)11-31-21-25-24-18(26(21)5)14(4)30-15-9-7-12(2)8-10-15/h7-10,14H,6,11H2,1-5H3,(H,22,23,27). The van der Waals surface area contributed by atoms with Crippen LogP contribution >= 0.6 is 23.1 Å². The van der Waals surface area contributed by atoms with Gasteiger partial charge in [0.25, 0.3) is 0 Å². The number of ether oxygens (including phenoxy) is 2. The number of amides is 1. The van der Waals surface area contributed by atoms with Gasteiger partial charge >= 0.3 is 5.97 Å². The Kier molecular flexibility index (Phi) is 7.86. The van der Waals surface area contributed by atoms with Crippen LogP contribution in [0.3, 0.4) is 0 Å². The number of nitrogens with zero attached hydrogens (tertiary/aromatic N) is 4. The van der Waals surface area contributed by atoms with E-state index in [1.54, 1.807) is 13.8 Å². The fourth-order valence-electron chi connectivity index (χ4n) is 2.80. The summed E-state index contributed by atoms with van der Waals surface area (Å²) in [5, 5.41) is 12.1. The normalized spacial score (nSPS) is 11.8. The Balaban J connectivity index is 1.56. The van der Waals surface area contributed by atoms with Gasteiger partial charge in [0, 0.05) is 7.05 Å². The average molecular weight is 476 g/mol. The molecular weight excluding hydrogens is 450 g/mol. The van der Waals surface area contributed by atoms with Gasteiger partial charge in [-0.05, 0) is 39.8 Å².